The molecule has 1 atom stereocenters. The first-order valence-electron chi connectivity index (χ1n) is 8.76. The molecule has 0 aliphatic carbocycles. The monoisotopic (exact) mass is 370 g/mol. The van der Waals surface area contributed by atoms with Crippen molar-refractivity contribution in [2.24, 2.45) is 5.92 Å². The number of carbonyl (C=O) groups is 2. The van der Waals surface area contributed by atoms with Gasteiger partial charge in [-0.15, -0.1) is 0 Å². The molecule has 1 fully saturated rings. The predicted octanol–water partition coefficient (Wildman–Crippen LogP) is 1.64. The number of carbonyl (C=O) groups excluding carboxylic acids is 1. The average Bonchev–Trinajstić information content (AvgIpc) is 2.72. The van der Waals surface area contributed by atoms with Crippen LogP contribution >= 0.6 is 0 Å². The molecule has 2 heterocycles. The maximum absolute atomic E-state index is 12.6. The second-order valence-corrected chi connectivity index (χ2v) is 6.38. The molecule has 1 aliphatic rings. The molecule has 3 rings (SSSR count). The van der Waals surface area contributed by atoms with Gasteiger partial charge in [-0.05, 0) is 30.5 Å². The zero-order valence-corrected chi connectivity index (χ0v) is 15.0. The van der Waals surface area contributed by atoms with Gasteiger partial charge in [0.2, 0.25) is 5.91 Å². The first-order chi connectivity index (χ1) is 13.1. The number of ether oxygens (including phenoxy) is 1. The van der Waals surface area contributed by atoms with Crippen molar-refractivity contribution in [2.75, 3.05) is 25.1 Å². The third-order valence-electron chi connectivity index (χ3n) is 4.70. The summed E-state index contributed by atoms with van der Waals surface area (Å²) in [7, 11) is 1.51. The molecule has 1 amide bonds. The van der Waals surface area contributed by atoms with Crippen molar-refractivity contribution in [3.05, 3.63) is 48.4 Å². The molecule has 2 aromatic rings. The Morgan fingerprint density at radius 3 is 2.70 bits per heavy atom. The van der Waals surface area contributed by atoms with E-state index >= 15 is 0 Å². The lowest BCUT2D eigenvalue weighted by atomic mass is 9.95. The molecule has 1 aromatic heterocycles. The number of nitrogens with zero attached hydrogens (tertiary/aromatic N) is 3. The molecule has 2 N–H and O–H groups in total. The zero-order valence-electron chi connectivity index (χ0n) is 15.0. The number of anilines is 1. The average molecular weight is 370 g/mol. The topological polar surface area (TPSA) is 105 Å². The second kappa shape index (κ2) is 8.48. The molecule has 0 spiro atoms. The molecule has 27 heavy (non-hydrogen) atoms. The predicted molar refractivity (Wildman–Crippen MR) is 98.5 cm³/mol. The third kappa shape index (κ3) is 4.52. The first-order valence-corrected chi connectivity index (χ1v) is 8.76. The Balaban J connectivity index is 1.62. The van der Waals surface area contributed by atoms with Crippen LogP contribution in [-0.2, 0) is 9.59 Å². The van der Waals surface area contributed by atoms with Crippen molar-refractivity contribution >= 4 is 17.7 Å². The van der Waals surface area contributed by atoms with Crippen molar-refractivity contribution in [2.45, 2.75) is 18.9 Å². The molecule has 1 aliphatic heterocycles. The van der Waals surface area contributed by atoms with E-state index < -0.39 is 12.0 Å². The van der Waals surface area contributed by atoms with Gasteiger partial charge < -0.3 is 20.1 Å². The maximum atomic E-state index is 12.6. The van der Waals surface area contributed by atoms with Crippen molar-refractivity contribution in [3.63, 3.8) is 0 Å². The van der Waals surface area contributed by atoms with E-state index in [1.807, 2.05) is 0 Å². The number of amides is 1. The van der Waals surface area contributed by atoms with Crippen molar-refractivity contribution in [3.8, 4) is 5.75 Å². The largest absolute Gasteiger partial charge is 0.497 e. The smallest absolute Gasteiger partial charge is 0.330 e. The molecule has 0 bridgehead atoms. The fraction of sp³-hybridized carbons (Fsp3) is 0.368. The number of hydrogen-bond acceptors (Lipinski definition) is 6. The number of rotatable bonds is 6. The fourth-order valence-electron chi connectivity index (χ4n) is 3.19. The van der Waals surface area contributed by atoms with E-state index in [0.717, 1.165) is 5.82 Å². The molecule has 0 radical (unpaired) electrons. The van der Waals surface area contributed by atoms with Crippen molar-refractivity contribution in [1.82, 2.24) is 15.3 Å². The Bertz CT molecular complexity index is 791. The number of carboxylic acid groups (broad SMARTS) is 1. The van der Waals surface area contributed by atoms with Gasteiger partial charge in [0.15, 0.2) is 6.04 Å². The van der Waals surface area contributed by atoms with Crippen LogP contribution in [0.5, 0.6) is 5.75 Å². The Labute approximate surface area is 157 Å². The van der Waals surface area contributed by atoms with E-state index in [0.29, 0.717) is 37.2 Å². The van der Waals surface area contributed by atoms with Gasteiger partial charge in [0.1, 0.15) is 11.6 Å². The summed E-state index contributed by atoms with van der Waals surface area (Å²) in [6, 6.07) is 5.61. The number of methoxy groups -OCH3 is 1. The lowest BCUT2D eigenvalue weighted by molar-refractivity contribution is -0.142. The van der Waals surface area contributed by atoms with Crippen molar-refractivity contribution in [1.29, 1.82) is 0 Å². The molecule has 142 valence electrons. The normalized spacial score (nSPS) is 15.8. The van der Waals surface area contributed by atoms with Gasteiger partial charge in [0.05, 0.1) is 13.3 Å². The number of hydrogen-bond donors (Lipinski definition) is 2. The van der Waals surface area contributed by atoms with Gasteiger partial charge in [-0.3, -0.25) is 9.78 Å². The zero-order chi connectivity index (χ0) is 19.2. The number of aromatic nitrogens is 2. The fourth-order valence-corrected chi connectivity index (χ4v) is 3.19. The van der Waals surface area contributed by atoms with E-state index in [1.54, 1.807) is 42.9 Å². The van der Waals surface area contributed by atoms with E-state index in [4.69, 9.17) is 4.74 Å². The minimum absolute atomic E-state index is 0.231. The highest BCUT2D eigenvalue weighted by molar-refractivity contribution is 5.86. The highest BCUT2D eigenvalue weighted by Gasteiger charge is 2.30. The highest BCUT2D eigenvalue weighted by atomic mass is 16.5. The molecular formula is C19H22N4O4. The Hall–Kier alpha value is -3.16. The summed E-state index contributed by atoms with van der Waals surface area (Å²) >= 11 is 0. The van der Waals surface area contributed by atoms with Crippen LogP contribution in [0.4, 0.5) is 5.82 Å². The van der Waals surface area contributed by atoms with Gasteiger partial charge in [0, 0.05) is 31.4 Å². The summed E-state index contributed by atoms with van der Waals surface area (Å²) in [4.78, 5) is 34.7. The number of benzene rings is 1. The summed E-state index contributed by atoms with van der Waals surface area (Å²) in [6.45, 7) is 1.35. The van der Waals surface area contributed by atoms with E-state index in [9.17, 15) is 14.7 Å². The maximum Gasteiger partial charge on any atom is 0.330 e. The number of nitrogens with one attached hydrogen (secondary N) is 1. The van der Waals surface area contributed by atoms with Gasteiger partial charge >= 0.3 is 5.97 Å². The van der Waals surface area contributed by atoms with Gasteiger partial charge in [0.25, 0.3) is 0 Å². The van der Waals surface area contributed by atoms with Crippen LogP contribution in [0.3, 0.4) is 0 Å². The van der Waals surface area contributed by atoms with Crippen LogP contribution < -0.4 is 15.0 Å². The van der Waals surface area contributed by atoms with Crippen molar-refractivity contribution < 1.29 is 19.4 Å². The lowest BCUT2D eigenvalue weighted by Crippen LogP contribution is -2.43. The van der Waals surface area contributed by atoms with Crippen LogP contribution in [-0.4, -0.2) is 47.2 Å². The van der Waals surface area contributed by atoms with Crippen LogP contribution in [0, 0.1) is 5.92 Å². The second-order valence-electron chi connectivity index (χ2n) is 6.38. The van der Waals surface area contributed by atoms with Gasteiger partial charge in [-0.2, -0.15) is 0 Å². The summed E-state index contributed by atoms with van der Waals surface area (Å²) in [5, 5.41) is 12.2. The SMILES string of the molecule is COc1cccc(C(NC(=O)C2CCN(c3cnccn3)CC2)C(=O)O)c1. The minimum atomic E-state index is -1.11. The highest BCUT2D eigenvalue weighted by Crippen LogP contribution is 2.24. The Morgan fingerprint density at radius 2 is 2.07 bits per heavy atom. The molecule has 1 saturated heterocycles. The quantitative estimate of drug-likeness (QED) is 0.796. The molecule has 8 nitrogen and oxygen atoms in total. The van der Waals surface area contributed by atoms with Crippen LogP contribution in [0.2, 0.25) is 0 Å². The van der Waals surface area contributed by atoms with Crippen LogP contribution in [0.1, 0.15) is 24.4 Å². The van der Waals surface area contributed by atoms with E-state index in [2.05, 4.69) is 20.2 Å². The third-order valence-corrected chi connectivity index (χ3v) is 4.70. The molecule has 8 heteroatoms. The van der Waals surface area contributed by atoms with Crippen LogP contribution in [0.15, 0.2) is 42.9 Å². The minimum Gasteiger partial charge on any atom is -0.497 e. The summed E-state index contributed by atoms with van der Waals surface area (Å²) in [5.74, 6) is -0.246. The van der Waals surface area contributed by atoms with Crippen LogP contribution in [0.25, 0.3) is 0 Å². The standard InChI is InChI=1S/C19H22N4O4/c1-27-15-4-2-3-14(11-15)17(19(25)26)22-18(24)13-5-9-23(10-6-13)16-12-20-7-8-21-16/h2-4,7-8,11-13,17H,5-6,9-10H2,1H3,(H,22,24)(H,25,26). The van der Waals surface area contributed by atoms with E-state index in [-0.39, 0.29) is 11.8 Å². The Kier molecular flexibility index (Phi) is 5.85. The number of carboxylic acids is 1. The molecular weight excluding hydrogens is 348 g/mol. The summed E-state index contributed by atoms with van der Waals surface area (Å²) < 4.78 is 5.14. The van der Waals surface area contributed by atoms with Gasteiger partial charge in [-0.25, -0.2) is 9.78 Å². The molecule has 1 unspecified atom stereocenters. The van der Waals surface area contributed by atoms with Gasteiger partial charge in [-0.1, -0.05) is 12.1 Å². The molecule has 0 saturated carbocycles. The number of piperidine rings is 1. The lowest BCUT2D eigenvalue weighted by Gasteiger charge is -2.32. The number of aliphatic carboxylic acids is 1. The first kappa shape index (κ1) is 18.6. The summed E-state index contributed by atoms with van der Waals surface area (Å²) in [6.07, 6.45) is 6.22. The van der Waals surface area contributed by atoms with E-state index in [1.165, 1.54) is 7.11 Å². The molecule has 1 aromatic carbocycles. The Morgan fingerprint density at radius 1 is 1.30 bits per heavy atom. The summed E-state index contributed by atoms with van der Waals surface area (Å²) in [5.41, 5.74) is 0.479.